The summed E-state index contributed by atoms with van der Waals surface area (Å²) >= 11 is 0. The molecule has 1 aromatic rings. The van der Waals surface area contributed by atoms with E-state index in [0.717, 1.165) is 36.3 Å². The lowest BCUT2D eigenvalue weighted by Gasteiger charge is -2.31. The van der Waals surface area contributed by atoms with E-state index >= 15 is 0 Å². The van der Waals surface area contributed by atoms with E-state index in [1.807, 2.05) is 0 Å². The van der Waals surface area contributed by atoms with E-state index in [2.05, 4.69) is 32.1 Å². The standard InChI is InChI=1S/C22H32O3/c1-6-7-8-9-17-13-20(24-4)22(21(14-17)25-5)19-12-15(2)10-11-18(19)16(3)23/h10,13-14,18-19H,6-9,11-12H2,1-5H3/t18-,19+/m0/s1. The highest BCUT2D eigenvalue weighted by Crippen LogP contribution is 2.46. The van der Waals surface area contributed by atoms with Crippen molar-refractivity contribution in [2.45, 2.75) is 65.2 Å². The van der Waals surface area contributed by atoms with Crippen molar-refractivity contribution in [1.82, 2.24) is 0 Å². The molecule has 0 amide bonds. The molecule has 3 nitrogen and oxygen atoms in total. The third-order valence-corrected chi connectivity index (χ3v) is 5.31. The van der Waals surface area contributed by atoms with Crippen LogP contribution >= 0.6 is 0 Å². The van der Waals surface area contributed by atoms with Gasteiger partial charge in [-0.15, -0.1) is 0 Å². The molecule has 1 aromatic carbocycles. The zero-order valence-electron chi connectivity index (χ0n) is 16.4. The van der Waals surface area contributed by atoms with E-state index in [1.165, 1.54) is 30.4 Å². The van der Waals surface area contributed by atoms with Crippen molar-refractivity contribution in [3.05, 3.63) is 34.9 Å². The summed E-state index contributed by atoms with van der Waals surface area (Å²) in [5, 5.41) is 0. The number of benzene rings is 1. The van der Waals surface area contributed by atoms with Gasteiger partial charge in [0.1, 0.15) is 17.3 Å². The molecular weight excluding hydrogens is 312 g/mol. The van der Waals surface area contributed by atoms with Gasteiger partial charge in [-0.1, -0.05) is 31.4 Å². The van der Waals surface area contributed by atoms with Crippen molar-refractivity contribution in [1.29, 1.82) is 0 Å². The normalized spacial score (nSPS) is 20.1. The van der Waals surface area contributed by atoms with Crippen LogP contribution in [0.1, 0.15) is 69.9 Å². The molecule has 138 valence electrons. The largest absolute Gasteiger partial charge is 0.496 e. The molecule has 0 radical (unpaired) electrons. The third kappa shape index (κ3) is 4.65. The lowest BCUT2D eigenvalue weighted by Crippen LogP contribution is -2.24. The van der Waals surface area contributed by atoms with Gasteiger partial charge in [-0.05, 0) is 57.2 Å². The first-order chi connectivity index (χ1) is 12.0. The fourth-order valence-corrected chi connectivity index (χ4v) is 3.90. The number of unbranched alkanes of at least 4 members (excludes halogenated alkanes) is 2. The van der Waals surface area contributed by atoms with Crippen LogP contribution in [0.2, 0.25) is 0 Å². The average Bonchev–Trinajstić information content (AvgIpc) is 2.60. The first-order valence-electron chi connectivity index (χ1n) is 9.42. The van der Waals surface area contributed by atoms with Crippen molar-refractivity contribution in [2.24, 2.45) is 5.92 Å². The van der Waals surface area contributed by atoms with Crippen LogP contribution in [0.5, 0.6) is 11.5 Å². The molecule has 0 aliphatic heterocycles. The maximum absolute atomic E-state index is 12.2. The summed E-state index contributed by atoms with van der Waals surface area (Å²) in [5.74, 6) is 2.08. The van der Waals surface area contributed by atoms with E-state index < -0.39 is 0 Å². The lowest BCUT2D eigenvalue weighted by molar-refractivity contribution is -0.121. The Labute approximate surface area is 152 Å². The van der Waals surface area contributed by atoms with Gasteiger partial charge in [-0.25, -0.2) is 0 Å². The van der Waals surface area contributed by atoms with Crippen LogP contribution in [0.4, 0.5) is 0 Å². The average molecular weight is 344 g/mol. The fourth-order valence-electron chi connectivity index (χ4n) is 3.90. The molecule has 3 heteroatoms. The molecule has 25 heavy (non-hydrogen) atoms. The Kier molecular flexibility index (Phi) is 7.10. The van der Waals surface area contributed by atoms with Crippen LogP contribution in [-0.2, 0) is 11.2 Å². The number of Topliss-reactive ketones (excluding diaryl/α,β-unsaturated/α-hetero) is 1. The van der Waals surface area contributed by atoms with Crippen LogP contribution in [-0.4, -0.2) is 20.0 Å². The highest BCUT2D eigenvalue weighted by atomic mass is 16.5. The first kappa shape index (κ1) is 19.6. The SMILES string of the molecule is CCCCCc1cc(OC)c([C@@H]2CC(C)=CC[C@H]2C(C)=O)c(OC)c1. The Morgan fingerprint density at radius 3 is 2.32 bits per heavy atom. The molecule has 1 aliphatic carbocycles. The fraction of sp³-hybridized carbons (Fsp3) is 0.591. The van der Waals surface area contributed by atoms with Gasteiger partial charge >= 0.3 is 0 Å². The molecule has 2 rings (SSSR count). The predicted octanol–water partition coefficient (Wildman–Crippen LogP) is 5.47. The number of hydrogen-bond donors (Lipinski definition) is 0. The van der Waals surface area contributed by atoms with Crippen molar-refractivity contribution < 1.29 is 14.3 Å². The summed E-state index contributed by atoms with van der Waals surface area (Å²) in [4.78, 5) is 12.2. The summed E-state index contributed by atoms with van der Waals surface area (Å²) in [6, 6.07) is 4.27. The number of rotatable bonds is 8. The number of ketones is 1. The zero-order valence-corrected chi connectivity index (χ0v) is 16.4. The maximum Gasteiger partial charge on any atom is 0.133 e. The van der Waals surface area contributed by atoms with Crippen molar-refractivity contribution >= 4 is 5.78 Å². The molecule has 2 atom stereocenters. The number of aryl methyl sites for hydroxylation is 1. The minimum atomic E-state index is -0.00237. The third-order valence-electron chi connectivity index (χ3n) is 5.31. The van der Waals surface area contributed by atoms with Crippen LogP contribution in [0.15, 0.2) is 23.8 Å². The van der Waals surface area contributed by atoms with Gasteiger partial charge in [0.25, 0.3) is 0 Å². The van der Waals surface area contributed by atoms with Gasteiger partial charge in [0.2, 0.25) is 0 Å². The maximum atomic E-state index is 12.2. The van der Waals surface area contributed by atoms with Gasteiger partial charge < -0.3 is 9.47 Å². The molecule has 0 heterocycles. The van der Waals surface area contributed by atoms with Crippen LogP contribution < -0.4 is 9.47 Å². The highest BCUT2D eigenvalue weighted by Gasteiger charge is 2.33. The van der Waals surface area contributed by atoms with Crippen molar-refractivity contribution in [2.75, 3.05) is 14.2 Å². The number of carbonyl (C=O) groups is 1. The minimum absolute atomic E-state index is 0.00237. The molecule has 0 bridgehead atoms. The number of carbonyl (C=O) groups excluding carboxylic acids is 1. The van der Waals surface area contributed by atoms with Crippen molar-refractivity contribution in [3.63, 3.8) is 0 Å². The van der Waals surface area contributed by atoms with Crippen LogP contribution in [0.25, 0.3) is 0 Å². The summed E-state index contributed by atoms with van der Waals surface area (Å²) in [7, 11) is 3.42. The van der Waals surface area contributed by atoms with Gasteiger partial charge in [0, 0.05) is 17.4 Å². The Hall–Kier alpha value is -1.77. The van der Waals surface area contributed by atoms with Gasteiger partial charge in [-0.3, -0.25) is 4.79 Å². The summed E-state index contributed by atoms with van der Waals surface area (Å²) in [6.45, 7) is 6.05. The predicted molar refractivity (Wildman–Crippen MR) is 103 cm³/mol. The topological polar surface area (TPSA) is 35.5 Å². The molecule has 0 fully saturated rings. The summed E-state index contributed by atoms with van der Waals surface area (Å²) in [5.41, 5.74) is 3.63. The summed E-state index contributed by atoms with van der Waals surface area (Å²) in [6.07, 6.45) is 8.51. The van der Waals surface area contributed by atoms with E-state index in [1.54, 1.807) is 21.1 Å². The van der Waals surface area contributed by atoms with E-state index in [4.69, 9.17) is 9.47 Å². The van der Waals surface area contributed by atoms with Crippen LogP contribution in [0.3, 0.4) is 0 Å². The molecule has 0 unspecified atom stereocenters. The number of hydrogen-bond acceptors (Lipinski definition) is 3. The molecule has 0 saturated heterocycles. The summed E-state index contributed by atoms with van der Waals surface area (Å²) < 4.78 is 11.5. The van der Waals surface area contributed by atoms with E-state index in [0.29, 0.717) is 0 Å². The van der Waals surface area contributed by atoms with Gasteiger partial charge in [0.15, 0.2) is 0 Å². The second kappa shape index (κ2) is 9.07. The van der Waals surface area contributed by atoms with Gasteiger partial charge in [0.05, 0.1) is 14.2 Å². The Balaban J connectivity index is 2.44. The number of ether oxygens (including phenoxy) is 2. The quantitative estimate of drug-likeness (QED) is 0.464. The molecular formula is C22H32O3. The van der Waals surface area contributed by atoms with E-state index in [9.17, 15) is 4.79 Å². The Morgan fingerprint density at radius 1 is 1.16 bits per heavy atom. The smallest absolute Gasteiger partial charge is 0.133 e. The van der Waals surface area contributed by atoms with Crippen LogP contribution in [0, 0.1) is 5.92 Å². The number of methoxy groups -OCH3 is 2. The van der Waals surface area contributed by atoms with Gasteiger partial charge in [-0.2, -0.15) is 0 Å². The zero-order chi connectivity index (χ0) is 18.4. The minimum Gasteiger partial charge on any atom is -0.496 e. The molecule has 0 aromatic heterocycles. The number of allylic oxidation sites excluding steroid dienone is 2. The van der Waals surface area contributed by atoms with Crippen molar-refractivity contribution in [3.8, 4) is 11.5 Å². The molecule has 0 spiro atoms. The monoisotopic (exact) mass is 344 g/mol. The second-order valence-electron chi connectivity index (χ2n) is 7.19. The molecule has 0 N–H and O–H groups in total. The Bertz CT molecular complexity index is 605. The first-order valence-corrected chi connectivity index (χ1v) is 9.42. The van der Waals surface area contributed by atoms with E-state index in [-0.39, 0.29) is 17.6 Å². The lowest BCUT2D eigenvalue weighted by atomic mass is 9.73. The molecule has 1 aliphatic rings. The highest BCUT2D eigenvalue weighted by molar-refractivity contribution is 5.80. The second-order valence-corrected chi connectivity index (χ2v) is 7.19. The molecule has 0 saturated carbocycles. The Morgan fingerprint density at radius 2 is 1.80 bits per heavy atom.